The van der Waals surface area contributed by atoms with Crippen molar-refractivity contribution in [3.8, 4) is 0 Å². The first kappa shape index (κ1) is 10.2. The van der Waals surface area contributed by atoms with Crippen molar-refractivity contribution < 1.29 is 13.6 Å². The lowest BCUT2D eigenvalue weighted by atomic mass is 9.78. The van der Waals surface area contributed by atoms with Crippen molar-refractivity contribution in [2.24, 2.45) is 5.92 Å². The standard InChI is InChI=1S/C9H7BrF2OS/c10-6-1-2-14-8(6)7(13)5-3-9(11,12)4-5/h1-2,5H,3-4H2. The first-order valence-corrected chi connectivity index (χ1v) is 5.82. The van der Waals surface area contributed by atoms with Crippen LogP contribution in [0, 0.1) is 5.92 Å². The number of alkyl halides is 2. The van der Waals surface area contributed by atoms with Crippen molar-refractivity contribution in [3.05, 3.63) is 20.8 Å². The van der Waals surface area contributed by atoms with E-state index in [1.165, 1.54) is 11.3 Å². The fraction of sp³-hybridized carbons (Fsp3) is 0.444. The van der Waals surface area contributed by atoms with Gasteiger partial charge in [0.25, 0.3) is 0 Å². The number of halogens is 3. The summed E-state index contributed by atoms with van der Waals surface area (Å²) in [4.78, 5) is 12.2. The number of carbonyl (C=O) groups excluding carboxylic acids is 1. The third-order valence-electron chi connectivity index (χ3n) is 2.30. The zero-order valence-corrected chi connectivity index (χ0v) is 9.50. The van der Waals surface area contributed by atoms with Gasteiger partial charge in [0.15, 0.2) is 5.78 Å². The summed E-state index contributed by atoms with van der Waals surface area (Å²) in [7, 11) is 0. The van der Waals surface area contributed by atoms with Crippen LogP contribution in [0.5, 0.6) is 0 Å². The van der Waals surface area contributed by atoms with Gasteiger partial charge in [-0.2, -0.15) is 0 Å². The molecule has 0 spiro atoms. The van der Waals surface area contributed by atoms with E-state index in [0.717, 1.165) is 0 Å². The number of thiophene rings is 1. The second-order valence-corrected chi connectivity index (χ2v) is 5.19. The molecular weight excluding hydrogens is 274 g/mol. The van der Waals surface area contributed by atoms with Crippen molar-refractivity contribution >= 4 is 33.0 Å². The van der Waals surface area contributed by atoms with Gasteiger partial charge in [0.05, 0.1) is 4.88 Å². The average molecular weight is 281 g/mol. The highest BCUT2D eigenvalue weighted by molar-refractivity contribution is 9.10. The minimum absolute atomic E-state index is 0.155. The van der Waals surface area contributed by atoms with E-state index < -0.39 is 11.8 Å². The fourth-order valence-electron chi connectivity index (χ4n) is 1.50. The molecule has 76 valence electrons. The maximum absolute atomic E-state index is 12.5. The Bertz CT molecular complexity index is 367. The van der Waals surface area contributed by atoms with E-state index in [9.17, 15) is 13.6 Å². The monoisotopic (exact) mass is 280 g/mol. The molecule has 0 N–H and O–H groups in total. The van der Waals surface area contributed by atoms with E-state index in [1.807, 2.05) is 0 Å². The van der Waals surface area contributed by atoms with E-state index in [4.69, 9.17) is 0 Å². The molecule has 0 saturated heterocycles. The zero-order chi connectivity index (χ0) is 10.3. The van der Waals surface area contributed by atoms with Crippen LogP contribution in [0.25, 0.3) is 0 Å². The van der Waals surface area contributed by atoms with Crippen molar-refractivity contribution in [3.63, 3.8) is 0 Å². The fourth-order valence-corrected chi connectivity index (χ4v) is 3.09. The van der Waals surface area contributed by atoms with Gasteiger partial charge in [-0.1, -0.05) is 0 Å². The first-order valence-electron chi connectivity index (χ1n) is 4.15. The van der Waals surface area contributed by atoms with E-state index in [1.54, 1.807) is 11.4 Å². The van der Waals surface area contributed by atoms with Crippen LogP contribution in [0.1, 0.15) is 22.5 Å². The van der Waals surface area contributed by atoms with Gasteiger partial charge >= 0.3 is 0 Å². The number of hydrogen-bond acceptors (Lipinski definition) is 2. The normalized spacial score (nSPS) is 20.5. The average Bonchev–Trinajstić information content (AvgIpc) is 2.45. The largest absolute Gasteiger partial charge is 0.293 e. The Morgan fingerprint density at radius 3 is 2.64 bits per heavy atom. The van der Waals surface area contributed by atoms with E-state index in [2.05, 4.69) is 15.9 Å². The molecule has 1 fully saturated rings. The second kappa shape index (κ2) is 3.38. The molecule has 1 heterocycles. The highest BCUT2D eigenvalue weighted by Gasteiger charge is 2.49. The predicted octanol–water partition coefficient (Wildman–Crippen LogP) is 3.74. The number of ketones is 1. The lowest BCUT2D eigenvalue weighted by Gasteiger charge is -2.33. The van der Waals surface area contributed by atoms with Crippen LogP contribution in [0.3, 0.4) is 0 Å². The lowest BCUT2D eigenvalue weighted by molar-refractivity contribution is -0.0981. The van der Waals surface area contributed by atoms with E-state index in [0.29, 0.717) is 9.35 Å². The summed E-state index contributed by atoms with van der Waals surface area (Å²) >= 11 is 4.51. The highest BCUT2D eigenvalue weighted by Crippen LogP contribution is 2.44. The van der Waals surface area contributed by atoms with Gasteiger partial charge in [-0.15, -0.1) is 11.3 Å². The van der Waals surface area contributed by atoms with Crippen LogP contribution in [0.2, 0.25) is 0 Å². The summed E-state index contributed by atoms with van der Waals surface area (Å²) in [6.45, 7) is 0. The van der Waals surface area contributed by atoms with Gasteiger partial charge in [-0.25, -0.2) is 8.78 Å². The smallest absolute Gasteiger partial charge is 0.249 e. The molecule has 0 bridgehead atoms. The van der Waals surface area contributed by atoms with Gasteiger partial charge < -0.3 is 0 Å². The zero-order valence-electron chi connectivity index (χ0n) is 7.10. The Morgan fingerprint density at radius 2 is 2.21 bits per heavy atom. The molecule has 0 aromatic carbocycles. The Labute approximate surface area is 92.3 Å². The van der Waals surface area contributed by atoms with Gasteiger partial charge in [0, 0.05) is 23.2 Å². The van der Waals surface area contributed by atoms with Crippen LogP contribution in [-0.4, -0.2) is 11.7 Å². The molecule has 1 aromatic rings. The molecular formula is C9H7BrF2OS. The minimum Gasteiger partial charge on any atom is -0.293 e. The molecule has 0 unspecified atom stereocenters. The molecule has 0 aliphatic heterocycles. The summed E-state index contributed by atoms with van der Waals surface area (Å²) in [5.41, 5.74) is 0. The van der Waals surface area contributed by atoms with Crippen molar-refractivity contribution in [2.75, 3.05) is 0 Å². The summed E-state index contributed by atoms with van der Waals surface area (Å²) in [6.07, 6.45) is -0.591. The van der Waals surface area contributed by atoms with E-state index >= 15 is 0 Å². The Morgan fingerprint density at radius 1 is 1.57 bits per heavy atom. The van der Waals surface area contributed by atoms with Crippen LogP contribution in [-0.2, 0) is 0 Å². The third kappa shape index (κ3) is 1.75. The quantitative estimate of drug-likeness (QED) is 0.755. The Hall–Kier alpha value is -0.290. The maximum atomic E-state index is 12.5. The summed E-state index contributed by atoms with van der Waals surface area (Å²) < 4.78 is 25.8. The maximum Gasteiger partial charge on any atom is 0.249 e. The first-order chi connectivity index (χ1) is 6.49. The van der Waals surface area contributed by atoms with Crippen molar-refractivity contribution in [2.45, 2.75) is 18.8 Å². The third-order valence-corrected chi connectivity index (χ3v) is 4.15. The Kier molecular flexibility index (Phi) is 2.47. The number of Topliss-reactive ketones (excluding diaryl/α,β-unsaturated/α-hetero) is 1. The summed E-state index contributed by atoms with van der Waals surface area (Å²) in [5.74, 6) is -3.26. The van der Waals surface area contributed by atoms with Crippen LogP contribution < -0.4 is 0 Å². The molecule has 0 atom stereocenters. The SMILES string of the molecule is O=C(c1sccc1Br)C1CC(F)(F)C1. The van der Waals surface area contributed by atoms with Crippen molar-refractivity contribution in [1.29, 1.82) is 0 Å². The molecule has 14 heavy (non-hydrogen) atoms. The molecule has 0 amide bonds. The van der Waals surface area contributed by atoms with Gasteiger partial charge in [0.2, 0.25) is 5.92 Å². The molecule has 2 rings (SSSR count). The van der Waals surface area contributed by atoms with Crippen LogP contribution >= 0.6 is 27.3 Å². The number of carbonyl (C=O) groups is 1. The van der Waals surface area contributed by atoms with Crippen LogP contribution in [0.4, 0.5) is 8.78 Å². The highest BCUT2D eigenvalue weighted by atomic mass is 79.9. The second-order valence-electron chi connectivity index (χ2n) is 3.42. The number of rotatable bonds is 2. The number of hydrogen-bond donors (Lipinski definition) is 0. The predicted molar refractivity (Wildman–Crippen MR) is 54.0 cm³/mol. The molecule has 5 heteroatoms. The van der Waals surface area contributed by atoms with Gasteiger partial charge in [0.1, 0.15) is 0 Å². The summed E-state index contributed by atoms with van der Waals surface area (Å²) in [6, 6.07) is 1.76. The Balaban J connectivity index is 2.08. The minimum atomic E-state index is -2.62. The van der Waals surface area contributed by atoms with Gasteiger partial charge in [-0.3, -0.25) is 4.79 Å². The topological polar surface area (TPSA) is 17.1 Å². The van der Waals surface area contributed by atoms with E-state index in [-0.39, 0.29) is 18.6 Å². The summed E-state index contributed by atoms with van der Waals surface area (Å²) in [5, 5.41) is 1.77. The molecule has 1 nitrogen and oxygen atoms in total. The van der Waals surface area contributed by atoms with Gasteiger partial charge in [-0.05, 0) is 27.4 Å². The molecule has 1 aliphatic carbocycles. The molecule has 0 radical (unpaired) electrons. The molecule has 1 saturated carbocycles. The molecule has 1 aliphatic rings. The van der Waals surface area contributed by atoms with Crippen molar-refractivity contribution in [1.82, 2.24) is 0 Å². The van der Waals surface area contributed by atoms with Crippen LogP contribution in [0.15, 0.2) is 15.9 Å². The lowest BCUT2D eigenvalue weighted by Crippen LogP contribution is -2.39. The molecule has 1 aromatic heterocycles.